The van der Waals surface area contributed by atoms with Crippen molar-refractivity contribution in [2.45, 2.75) is 44.9 Å². The Morgan fingerprint density at radius 3 is 2.69 bits per heavy atom. The van der Waals surface area contributed by atoms with E-state index in [0.29, 0.717) is 10.8 Å². The van der Waals surface area contributed by atoms with Gasteiger partial charge in [-0.3, -0.25) is 0 Å². The lowest BCUT2D eigenvalue weighted by Crippen LogP contribution is -2.34. The average molecular weight is 257 g/mol. The molecule has 0 aliphatic rings. The largest absolute Gasteiger partial charge is 0.313 e. The Labute approximate surface area is 108 Å². The van der Waals surface area contributed by atoms with Crippen molar-refractivity contribution in [1.29, 1.82) is 0 Å². The first kappa shape index (κ1) is 14.1. The van der Waals surface area contributed by atoms with Crippen LogP contribution >= 0.6 is 23.1 Å². The minimum atomic E-state index is 0.364. The van der Waals surface area contributed by atoms with Crippen LogP contribution in [0.4, 0.5) is 0 Å². The molecule has 0 aliphatic heterocycles. The van der Waals surface area contributed by atoms with E-state index >= 15 is 0 Å². The third kappa shape index (κ3) is 5.92. The molecule has 3 heteroatoms. The molecule has 0 amide bonds. The van der Waals surface area contributed by atoms with Crippen LogP contribution in [0.1, 0.15) is 32.6 Å². The van der Waals surface area contributed by atoms with E-state index < -0.39 is 0 Å². The first-order valence-electron chi connectivity index (χ1n) is 5.91. The van der Waals surface area contributed by atoms with Gasteiger partial charge < -0.3 is 5.32 Å². The minimum Gasteiger partial charge on any atom is -0.313 e. The van der Waals surface area contributed by atoms with Gasteiger partial charge in [0.2, 0.25) is 0 Å². The van der Waals surface area contributed by atoms with Crippen LogP contribution < -0.4 is 5.32 Å². The second-order valence-electron chi connectivity index (χ2n) is 4.96. The maximum absolute atomic E-state index is 3.58. The second-order valence-corrected chi connectivity index (χ2v) is 7.84. The molecule has 0 saturated heterocycles. The van der Waals surface area contributed by atoms with Crippen LogP contribution in [0.3, 0.4) is 0 Å². The molecule has 1 unspecified atom stereocenters. The summed E-state index contributed by atoms with van der Waals surface area (Å²) in [6, 6.07) is 4.98. The van der Waals surface area contributed by atoms with Gasteiger partial charge in [-0.15, -0.1) is 11.3 Å². The third-order valence-corrected chi connectivity index (χ3v) is 4.57. The molecule has 1 aromatic rings. The van der Waals surface area contributed by atoms with Gasteiger partial charge in [0.15, 0.2) is 0 Å². The summed E-state index contributed by atoms with van der Waals surface area (Å²) in [5, 5.41) is 5.74. The van der Waals surface area contributed by atoms with Crippen LogP contribution in [0.25, 0.3) is 0 Å². The molecule has 1 N–H and O–H groups in total. The quantitative estimate of drug-likeness (QED) is 0.832. The van der Waals surface area contributed by atoms with Crippen molar-refractivity contribution in [1.82, 2.24) is 5.32 Å². The van der Waals surface area contributed by atoms with Crippen molar-refractivity contribution in [2.75, 3.05) is 12.3 Å². The molecule has 1 rings (SSSR count). The van der Waals surface area contributed by atoms with E-state index in [4.69, 9.17) is 0 Å². The SMILES string of the molecule is CCNC(CSC(C)(C)C)Cc1cccs1. The summed E-state index contributed by atoms with van der Waals surface area (Å²) in [7, 11) is 0. The van der Waals surface area contributed by atoms with E-state index in [1.165, 1.54) is 10.6 Å². The molecular weight excluding hydrogens is 234 g/mol. The van der Waals surface area contributed by atoms with Crippen LogP contribution in [-0.4, -0.2) is 23.1 Å². The number of likely N-dealkylation sites (N-methyl/N-ethyl adjacent to an activating group) is 1. The fraction of sp³-hybridized carbons (Fsp3) is 0.692. The van der Waals surface area contributed by atoms with Crippen LogP contribution in [0.2, 0.25) is 0 Å². The Bertz CT molecular complexity index is 275. The Balaban J connectivity index is 2.41. The molecule has 0 spiro atoms. The summed E-state index contributed by atoms with van der Waals surface area (Å²) < 4.78 is 0.364. The summed E-state index contributed by atoms with van der Waals surface area (Å²) >= 11 is 3.91. The fourth-order valence-corrected chi connectivity index (χ4v) is 3.22. The molecule has 0 bridgehead atoms. The van der Waals surface area contributed by atoms with Gasteiger partial charge in [-0.25, -0.2) is 0 Å². The van der Waals surface area contributed by atoms with Gasteiger partial charge in [-0.1, -0.05) is 33.8 Å². The van der Waals surface area contributed by atoms with Crippen LogP contribution in [0, 0.1) is 0 Å². The second kappa shape index (κ2) is 6.67. The number of thiophene rings is 1. The predicted molar refractivity (Wildman–Crippen MR) is 77.7 cm³/mol. The number of hydrogen-bond donors (Lipinski definition) is 1. The molecule has 0 aromatic carbocycles. The Morgan fingerprint density at radius 1 is 1.44 bits per heavy atom. The lowest BCUT2D eigenvalue weighted by atomic mass is 10.2. The van der Waals surface area contributed by atoms with Crippen molar-refractivity contribution < 1.29 is 0 Å². The lowest BCUT2D eigenvalue weighted by Gasteiger charge is -2.23. The maximum Gasteiger partial charge on any atom is 0.0206 e. The summed E-state index contributed by atoms with van der Waals surface area (Å²) in [6.45, 7) is 10.1. The van der Waals surface area contributed by atoms with Gasteiger partial charge in [0, 0.05) is 21.4 Å². The normalized spacial score (nSPS) is 14.0. The zero-order chi connectivity index (χ0) is 12.0. The lowest BCUT2D eigenvalue weighted by molar-refractivity contribution is 0.574. The van der Waals surface area contributed by atoms with Gasteiger partial charge in [-0.05, 0) is 24.4 Å². The highest BCUT2D eigenvalue weighted by atomic mass is 32.2. The van der Waals surface area contributed by atoms with E-state index in [2.05, 4.69) is 50.5 Å². The van der Waals surface area contributed by atoms with Crippen molar-refractivity contribution in [3.8, 4) is 0 Å². The number of hydrogen-bond acceptors (Lipinski definition) is 3. The molecule has 1 heterocycles. The molecule has 0 radical (unpaired) electrons. The fourth-order valence-electron chi connectivity index (χ4n) is 1.50. The van der Waals surface area contributed by atoms with Gasteiger partial charge in [0.1, 0.15) is 0 Å². The van der Waals surface area contributed by atoms with Gasteiger partial charge in [0.25, 0.3) is 0 Å². The molecular formula is C13H23NS2. The van der Waals surface area contributed by atoms with Crippen molar-refractivity contribution >= 4 is 23.1 Å². The first-order valence-corrected chi connectivity index (χ1v) is 7.77. The van der Waals surface area contributed by atoms with Gasteiger partial charge in [-0.2, -0.15) is 11.8 Å². The van der Waals surface area contributed by atoms with Crippen LogP contribution in [0.5, 0.6) is 0 Å². The number of nitrogens with one attached hydrogen (secondary N) is 1. The van der Waals surface area contributed by atoms with E-state index in [1.54, 1.807) is 0 Å². The molecule has 0 fully saturated rings. The van der Waals surface area contributed by atoms with Crippen molar-refractivity contribution in [2.24, 2.45) is 0 Å². The third-order valence-electron chi connectivity index (χ3n) is 2.24. The standard InChI is InChI=1S/C13H23NS2/c1-5-14-11(10-16-13(2,3)4)9-12-7-6-8-15-12/h6-8,11,14H,5,9-10H2,1-4H3. The molecule has 92 valence electrons. The Kier molecular flexibility index (Phi) is 5.87. The summed E-state index contributed by atoms with van der Waals surface area (Å²) in [6.07, 6.45) is 1.16. The minimum absolute atomic E-state index is 0.364. The Hall–Kier alpha value is 0.01000. The summed E-state index contributed by atoms with van der Waals surface area (Å²) in [4.78, 5) is 1.49. The average Bonchev–Trinajstić information content (AvgIpc) is 2.66. The summed E-state index contributed by atoms with van der Waals surface area (Å²) in [5.41, 5.74) is 0. The van der Waals surface area contributed by atoms with E-state index in [-0.39, 0.29) is 0 Å². The highest BCUT2D eigenvalue weighted by Gasteiger charge is 2.15. The monoisotopic (exact) mass is 257 g/mol. The molecule has 1 aromatic heterocycles. The number of rotatable bonds is 6. The predicted octanol–water partition coefficient (Wildman–Crippen LogP) is 3.80. The zero-order valence-electron chi connectivity index (χ0n) is 10.7. The molecule has 16 heavy (non-hydrogen) atoms. The molecule has 1 nitrogen and oxygen atoms in total. The number of thioether (sulfide) groups is 1. The summed E-state index contributed by atoms with van der Waals surface area (Å²) in [5.74, 6) is 1.19. The van der Waals surface area contributed by atoms with Crippen molar-refractivity contribution in [3.63, 3.8) is 0 Å². The van der Waals surface area contributed by atoms with Crippen LogP contribution in [-0.2, 0) is 6.42 Å². The molecule has 0 aliphatic carbocycles. The maximum atomic E-state index is 3.58. The van der Waals surface area contributed by atoms with E-state index in [9.17, 15) is 0 Å². The molecule has 0 saturated carbocycles. The zero-order valence-corrected chi connectivity index (χ0v) is 12.4. The van der Waals surface area contributed by atoms with Gasteiger partial charge in [0.05, 0.1) is 0 Å². The van der Waals surface area contributed by atoms with E-state index in [1.807, 2.05) is 23.1 Å². The highest BCUT2D eigenvalue weighted by Crippen LogP contribution is 2.25. The van der Waals surface area contributed by atoms with Gasteiger partial charge >= 0.3 is 0 Å². The van der Waals surface area contributed by atoms with E-state index in [0.717, 1.165) is 13.0 Å². The van der Waals surface area contributed by atoms with Crippen molar-refractivity contribution in [3.05, 3.63) is 22.4 Å². The topological polar surface area (TPSA) is 12.0 Å². The smallest absolute Gasteiger partial charge is 0.0206 e. The molecule has 1 atom stereocenters. The first-order chi connectivity index (χ1) is 7.51. The Morgan fingerprint density at radius 2 is 2.19 bits per heavy atom. The highest BCUT2D eigenvalue weighted by molar-refractivity contribution is 8.00. The van der Waals surface area contributed by atoms with Crippen LogP contribution in [0.15, 0.2) is 17.5 Å².